The van der Waals surface area contributed by atoms with E-state index in [1.807, 2.05) is 16.8 Å². The van der Waals surface area contributed by atoms with Gasteiger partial charge >= 0.3 is 5.97 Å². The number of carboxylic acids is 1. The Hall–Kier alpha value is -3.02. The van der Waals surface area contributed by atoms with Crippen LogP contribution in [0.5, 0.6) is 0 Å². The predicted molar refractivity (Wildman–Crippen MR) is 149 cm³/mol. The largest absolute Gasteiger partial charge is 0.479 e. The quantitative estimate of drug-likeness (QED) is 0.289. The van der Waals surface area contributed by atoms with Crippen LogP contribution in [-0.4, -0.2) is 47.4 Å². The summed E-state index contributed by atoms with van der Waals surface area (Å²) in [6.07, 6.45) is 6.70. The van der Waals surface area contributed by atoms with E-state index in [0.29, 0.717) is 22.0 Å². The number of halogens is 1. The minimum Gasteiger partial charge on any atom is -0.479 e. The van der Waals surface area contributed by atoms with Crippen molar-refractivity contribution in [2.24, 2.45) is 0 Å². The number of hydrogen-bond acceptors (Lipinski definition) is 8. The fraction of sp³-hybridized carbons (Fsp3) is 0.333. The monoisotopic (exact) mass is 611 g/mol. The number of thiazole rings is 2. The Morgan fingerprint density at radius 2 is 2.00 bits per heavy atom. The molecular formula is C27H26BrN5O3S2. The molecule has 0 saturated carbocycles. The van der Waals surface area contributed by atoms with Crippen molar-refractivity contribution in [3.05, 3.63) is 91.3 Å². The molecule has 1 aliphatic rings. The van der Waals surface area contributed by atoms with E-state index in [-0.39, 0.29) is 24.2 Å². The zero-order valence-electron chi connectivity index (χ0n) is 21.0. The number of aliphatic carboxylic acids is 1. The van der Waals surface area contributed by atoms with Crippen molar-refractivity contribution < 1.29 is 14.7 Å². The highest BCUT2D eigenvalue weighted by Gasteiger charge is 2.60. The maximum Gasteiger partial charge on any atom is 0.330 e. The van der Waals surface area contributed by atoms with Crippen LogP contribution in [-0.2, 0) is 16.6 Å². The molecule has 0 bridgehead atoms. The zero-order valence-corrected chi connectivity index (χ0v) is 24.3. The number of amides is 1. The molecule has 4 aromatic rings. The Morgan fingerprint density at radius 1 is 1.18 bits per heavy atom. The summed E-state index contributed by atoms with van der Waals surface area (Å²) in [6.45, 7) is 6.30. The van der Waals surface area contributed by atoms with Crippen LogP contribution in [0.25, 0.3) is 0 Å². The second-order valence-corrected chi connectivity index (χ2v) is 12.9. The fourth-order valence-electron chi connectivity index (χ4n) is 5.22. The van der Waals surface area contributed by atoms with Gasteiger partial charge in [-0.25, -0.2) is 14.8 Å². The minimum atomic E-state index is -1.57. The van der Waals surface area contributed by atoms with Gasteiger partial charge in [-0.2, -0.15) is 0 Å². The highest BCUT2D eigenvalue weighted by Crippen LogP contribution is 2.53. The van der Waals surface area contributed by atoms with Crippen LogP contribution in [0.15, 0.2) is 63.7 Å². The smallest absolute Gasteiger partial charge is 0.330 e. The van der Waals surface area contributed by atoms with Crippen molar-refractivity contribution >= 4 is 50.5 Å². The topological polar surface area (TPSA) is 109 Å². The molecule has 1 fully saturated rings. The summed E-state index contributed by atoms with van der Waals surface area (Å²) >= 11 is 6.43. The molecule has 38 heavy (non-hydrogen) atoms. The van der Waals surface area contributed by atoms with Gasteiger partial charge in [0.05, 0.1) is 22.9 Å². The van der Waals surface area contributed by atoms with E-state index in [1.54, 1.807) is 42.4 Å². The third kappa shape index (κ3) is 4.78. The second-order valence-electron chi connectivity index (χ2n) is 10.4. The highest BCUT2D eigenvalue weighted by molar-refractivity contribution is 9.10. The van der Waals surface area contributed by atoms with Crippen LogP contribution in [0.4, 0.5) is 0 Å². The molecule has 0 aliphatic carbocycles. The first-order chi connectivity index (χ1) is 18.1. The first-order valence-corrected chi connectivity index (χ1v) is 14.6. The number of rotatable bonds is 6. The number of likely N-dealkylation sites (tertiary alicyclic amines) is 1. The molecule has 8 nitrogen and oxygen atoms in total. The first-order valence-electron chi connectivity index (χ1n) is 12.0. The molecule has 0 unspecified atom stereocenters. The van der Waals surface area contributed by atoms with Crippen molar-refractivity contribution in [2.45, 2.75) is 56.5 Å². The van der Waals surface area contributed by atoms with Crippen molar-refractivity contribution in [3.8, 4) is 0 Å². The molecule has 1 amide bonds. The van der Waals surface area contributed by atoms with Gasteiger partial charge < -0.3 is 10.0 Å². The molecule has 1 N–H and O–H groups in total. The van der Waals surface area contributed by atoms with E-state index in [2.05, 4.69) is 56.6 Å². The van der Waals surface area contributed by atoms with Crippen LogP contribution < -0.4 is 0 Å². The lowest BCUT2D eigenvalue weighted by Gasteiger charge is -2.37. The van der Waals surface area contributed by atoms with E-state index in [4.69, 9.17) is 0 Å². The van der Waals surface area contributed by atoms with Gasteiger partial charge in [-0.3, -0.25) is 14.8 Å². The number of hydrogen-bond donors (Lipinski definition) is 1. The fourth-order valence-corrected chi connectivity index (χ4v) is 7.54. The first kappa shape index (κ1) is 26.6. The van der Waals surface area contributed by atoms with Crippen LogP contribution in [0.2, 0.25) is 0 Å². The van der Waals surface area contributed by atoms with E-state index in [1.165, 1.54) is 27.6 Å². The Kier molecular flexibility index (Phi) is 7.19. The van der Waals surface area contributed by atoms with Gasteiger partial charge in [0.15, 0.2) is 0 Å². The molecule has 3 aromatic heterocycles. The van der Waals surface area contributed by atoms with E-state index < -0.39 is 23.5 Å². The van der Waals surface area contributed by atoms with Gasteiger partial charge in [0.2, 0.25) is 0 Å². The average molecular weight is 613 g/mol. The third-order valence-corrected chi connectivity index (χ3v) is 9.08. The lowest BCUT2D eigenvalue weighted by Crippen LogP contribution is -2.55. The number of carboxylic acid groups (broad SMARTS) is 1. The maximum absolute atomic E-state index is 14.5. The molecule has 3 atom stereocenters. The normalized spacial score (nSPS) is 21.5. The van der Waals surface area contributed by atoms with Gasteiger partial charge in [0.1, 0.15) is 10.5 Å². The maximum atomic E-state index is 14.5. The molecule has 0 spiro atoms. The van der Waals surface area contributed by atoms with Gasteiger partial charge in [-0.05, 0) is 29.5 Å². The SMILES string of the molecule is CC(C)(C)c1ccc(C(=O)N2[C@@H](c3nccs3)[C@@H](c3cnccn3)C[C@@]2(Cc2cscn2)C(=O)O)cc1Br. The molecule has 1 saturated heterocycles. The Bertz CT molecular complexity index is 1440. The number of aromatic nitrogens is 4. The Morgan fingerprint density at radius 3 is 2.58 bits per heavy atom. The van der Waals surface area contributed by atoms with Gasteiger partial charge in [0, 0.05) is 57.9 Å². The number of benzene rings is 1. The Balaban J connectivity index is 1.70. The molecule has 1 aliphatic heterocycles. The third-order valence-electron chi connectivity index (χ3n) is 6.94. The standard InChI is InChI=1S/C27H26BrN5O3S2/c1-26(2,3)19-5-4-16(10-20(19)28)24(34)33-22(23-31-8-9-38-23)18(21-13-29-6-7-30-21)12-27(33,25(35)36)11-17-14-37-15-32-17/h4-10,13-15,18,22H,11-12H2,1-3H3,(H,35,36)/t18-,22-,27+/m1/s1. The van der Waals surface area contributed by atoms with Crippen molar-refractivity contribution in [3.63, 3.8) is 0 Å². The van der Waals surface area contributed by atoms with Crippen LogP contribution >= 0.6 is 38.6 Å². The molecule has 5 rings (SSSR count). The second kappa shape index (κ2) is 10.3. The van der Waals surface area contributed by atoms with Gasteiger partial charge in [-0.1, -0.05) is 42.8 Å². The molecule has 196 valence electrons. The summed E-state index contributed by atoms with van der Waals surface area (Å²) in [6, 6.07) is 4.84. The summed E-state index contributed by atoms with van der Waals surface area (Å²) in [5, 5.41) is 15.2. The van der Waals surface area contributed by atoms with E-state index in [0.717, 1.165) is 10.0 Å². The lowest BCUT2D eigenvalue weighted by molar-refractivity contribution is -0.149. The predicted octanol–water partition coefficient (Wildman–Crippen LogP) is 5.89. The Labute approximate surface area is 237 Å². The van der Waals surface area contributed by atoms with Crippen molar-refractivity contribution in [2.75, 3.05) is 0 Å². The molecule has 0 radical (unpaired) electrons. The summed E-state index contributed by atoms with van der Waals surface area (Å²) < 4.78 is 0.798. The molecular weight excluding hydrogens is 586 g/mol. The average Bonchev–Trinajstić information content (AvgIpc) is 3.64. The lowest BCUT2D eigenvalue weighted by atomic mass is 9.85. The summed E-state index contributed by atoms with van der Waals surface area (Å²) in [5.41, 5.74) is 2.66. The summed E-state index contributed by atoms with van der Waals surface area (Å²) in [5.74, 6) is -1.89. The molecule has 1 aromatic carbocycles. The van der Waals surface area contributed by atoms with Gasteiger partial charge in [-0.15, -0.1) is 22.7 Å². The van der Waals surface area contributed by atoms with E-state index in [9.17, 15) is 14.7 Å². The zero-order chi connectivity index (χ0) is 27.1. The number of carbonyl (C=O) groups excluding carboxylic acids is 1. The number of nitrogens with zero attached hydrogens (tertiary/aromatic N) is 5. The summed E-state index contributed by atoms with van der Waals surface area (Å²) in [7, 11) is 0. The highest BCUT2D eigenvalue weighted by atomic mass is 79.9. The number of carbonyl (C=O) groups is 2. The van der Waals surface area contributed by atoms with Crippen molar-refractivity contribution in [1.82, 2.24) is 24.8 Å². The van der Waals surface area contributed by atoms with Crippen LogP contribution in [0, 0.1) is 0 Å². The minimum absolute atomic E-state index is 0.0669. The van der Waals surface area contributed by atoms with Crippen LogP contribution in [0.3, 0.4) is 0 Å². The summed E-state index contributed by atoms with van der Waals surface area (Å²) in [4.78, 5) is 46.9. The van der Waals surface area contributed by atoms with Crippen LogP contribution in [0.1, 0.15) is 71.5 Å². The van der Waals surface area contributed by atoms with Gasteiger partial charge in [0.25, 0.3) is 5.91 Å². The van der Waals surface area contributed by atoms with Crippen molar-refractivity contribution in [1.29, 1.82) is 0 Å². The molecule has 4 heterocycles. The van der Waals surface area contributed by atoms with E-state index >= 15 is 0 Å². The molecule has 11 heteroatoms.